The Hall–Kier alpha value is -1.89. The fraction of sp³-hybridized carbons (Fsp3) is 0.500. The van der Waals surface area contributed by atoms with Crippen LogP contribution < -0.4 is 5.32 Å². The Morgan fingerprint density at radius 3 is 2.92 bits per heavy atom. The highest BCUT2D eigenvalue weighted by molar-refractivity contribution is 8.16. The molecule has 0 spiro atoms. The molecular weight excluding hydrogens is 384 g/mol. The standard InChI is InChI=1S/C14H16N4O6S2/c1-2-3-5(19)12-24-11(6(25-12)4-7(20)21)18-9-8(26-14(18)23)10(22)17-13(15)16-9/h2,5-6,8,11-12,19H,1,3-4H2,(H,20,21)(H2,15,17,22)/t5-,6?,8?,11?,12?/m0/s1. The van der Waals surface area contributed by atoms with Crippen molar-refractivity contribution in [2.75, 3.05) is 0 Å². The summed E-state index contributed by atoms with van der Waals surface area (Å²) in [5.41, 5.74) is -0.753. The highest BCUT2D eigenvalue weighted by atomic mass is 32.2. The average Bonchev–Trinajstić information content (AvgIpc) is 3.08. The summed E-state index contributed by atoms with van der Waals surface area (Å²) < 4.78 is 5.77. The van der Waals surface area contributed by atoms with Gasteiger partial charge in [0, 0.05) is 0 Å². The van der Waals surface area contributed by atoms with Gasteiger partial charge in [0.1, 0.15) is 11.3 Å². The van der Waals surface area contributed by atoms with E-state index in [0.29, 0.717) is 0 Å². The van der Waals surface area contributed by atoms with Crippen LogP contribution >= 0.6 is 23.5 Å². The van der Waals surface area contributed by atoms with Crippen LogP contribution in [0.5, 0.6) is 0 Å². The molecule has 2 amide bonds. The van der Waals surface area contributed by atoms with E-state index >= 15 is 0 Å². The molecule has 10 nitrogen and oxygen atoms in total. The third kappa shape index (κ3) is 3.49. The Balaban J connectivity index is 1.89. The number of carboxylic acid groups (broad SMARTS) is 1. The van der Waals surface area contributed by atoms with Gasteiger partial charge in [-0.2, -0.15) is 4.99 Å². The quantitative estimate of drug-likeness (QED) is 0.461. The van der Waals surface area contributed by atoms with Crippen molar-refractivity contribution >= 4 is 52.4 Å². The van der Waals surface area contributed by atoms with Crippen molar-refractivity contribution in [2.24, 2.45) is 4.99 Å². The van der Waals surface area contributed by atoms with Crippen LogP contribution in [0.15, 0.2) is 17.6 Å². The molecule has 2 fully saturated rings. The van der Waals surface area contributed by atoms with Gasteiger partial charge in [-0.25, -0.2) is 0 Å². The number of aliphatic hydroxyl groups is 1. The first-order chi connectivity index (χ1) is 12.3. The molecule has 0 aromatic rings. The van der Waals surface area contributed by atoms with Gasteiger partial charge in [0.2, 0.25) is 11.9 Å². The van der Waals surface area contributed by atoms with Crippen molar-refractivity contribution in [3.63, 3.8) is 0 Å². The molecule has 2 saturated heterocycles. The number of nitrogens with zero attached hydrogens (tertiary/aromatic N) is 2. The number of amides is 2. The Labute approximate surface area is 156 Å². The summed E-state index contributed by atoms with van der Waals surface area (Å²) in [7, 11) is 0. The molecule has 12 heteroatoms. The molecule has 4 N–H and O–H groups in total. The van der Waals surface area contributed by atoms with Gasteiger partial charge >= 0.3 is 5.97 Å². The highest BCUT2D eigenvalue weighted by Gasteiger charge is 2.53. The fourth-order valence-corrected chi connectivity index (χ4v) is 5.10. The van der Waals surface area contributed by atoms with E-state index in [2.05, 4.69) is 16.9 Å². The van der Waals surface area contributed by atoms with Crippen LogP contribution in [0, 0.1) is 5.41 Å². The molecule has 3 heterocycles. The van der Waals surface area contributed by atoms with E-state index in [0.717, 1.165) is 28.4 Å². The number of nitrogens with one attached hydrogen (secondary N) is 2. The summed E-state index contributed by atoms with van der Waals surface area (Å²) >= 11 is 1.84. The number of hydrogen-bond acceptors (Lipinski definition) is 8. The topological polar surface area (TPSA) is 152 Å². The van der Waals surface area contributed by atoms with E-state index in [4.69, 9.17) is 15.3 Å². The lowest BCUT2D eigenvalue weighted by Crippen LogP contribution is -2.52. The zero-order valence-electron chi connectivity index (χ0n) is 13.3. The number of carboxylic acids is 1. The van der Waals surface area contributed by atoms with E-state index in [1.165, 1.54) is 6.08 Å². The van der Waals surface area contributed by atoms with Crippen LogP contribution in [0.1, 0.15) is 12.8 Å². The van der Waals surface area contributed by atoms with Crippen LogP contribution in [0.4, 0.5) is 4.79 Å². The molecule has 3 rings (SSSR count). The molecule has 0 radical (unpaired) electrons. The van der Waals surface area contributed by atoms with E-state index in [1.807, 2.05) is 0 Å². The summed E-state index contributed by atoms with van der Waals surface area (Å²) in [6.07, 6.45) is -0.484. The summed E-state index contributed by atoms with van der Waals surface area (Å²) in [5.74, 6) is -1.97. The molecule has 5 atom stereocenters. The van der Waals surface area contributed by atoms with E-state index in [9.17, 15) is 19.5 Å². The summed E-state index contributed by atoms with van der Waals surface area (Å²) in [5, 5.41) is 27.0. The van der Waals surface area contributed by atoms with Crippen LogP contribution in [0.3, 0.4) is 0 Å². The van der Waals surface area contributed by atoms with Crippen LogP contribution in [0.25, 0.3) is 0 Å². The molecule has 0 aliphatic carbocycles. The van der Waals surface area contributed by atoms with Gasteiger partial charge in [0.05, 0.1) is 17.8 Å². The predicted molar refractivity (Wildman–Crippen MR) is 95.0 cm³/mol. The number of hydrogen-bond donors (Lipinski definition) is 4. The van der Waals surface area contributed by atoms with Crippen molar-refractivity contribution in [1.82, 2.24) is 10.2 Å². The predicted octanol–water partition coefficient (Wildman–Crippen LogP) is 0.183. The van der Waals surface area contributed by atoms with Crippen molar-refractivity contribution in [3.05, 3.63) is 12.7 Å². The number of amidine groups is 1. The first-order valence-electron chi connectivity index (χ1n) is 7.61. The van der Waals surface area contributed by atoms with Crippen LogP contribution in [-0.2, 0) is 14.3 Å². The second-order valence-electron chi connectivity index (χ2n) is 5.70. The minimum Gasteiger partial charge on any atom is -0.481 e. The monoisotopic (exact) mass is 400 g/mol. The SMILES string of the molecule is C=CC[C@H](O)C1OC(N2C(=O)SC3C(=O)NC(=N)N=C32)C(CC(=O)O)S1. The smallest absolute Gasteiger partial charge is 0.304 e. The molecule has 0 aromatic carbocycles. The molecule has 3 aliphatic rings. The first-order valence-corrected chi connectivity index (χ1v) is 9.43. The van der Waals surface area contributed by atoms with Gasteiger partial charge < -0.3 is 14.9 Å². The van der Waals surface area contributed by atoms with Crippen molar-refractivity contribution in [2.45, 2.75) is 41.1 Å². The van der Waals surface area contributed by atoms with Crippen LogP contribution in [-0.4, -0.2) is 72.3 Å². The zero-order chi connectivity index (χ0) is 19.0. The Morgan fingerprint density at radius 2 is 2.27 bits per heavy atom. The second-order valence-corrected chi connectivity index (χ2v) is 8.10. The second kappa shape index (κ2) is 7.39. The zero-order valence-corrected chi connectivity index (χ0v) is 15.0. The minimum atomic E-state index is -1.08. The number of guanidine groups is 1. The van der Waals surface area contributed by atoms with Gasteiger partial charge in [-0.15, -0.1) is 18.3 Å². The number of carbonyl (C=O) groups is 3. The molecule has 0 aromatic heterocycles. The summed E-state index contributed by atoms with van der Waals surface area (Å²) in [4.78, 5) is 40.7. The highest BCUT2D eigenvalue weighted by Crippen LogP contribution is 2.43. The minimum absolute atomic E-state index is 0.0496. The Morgan fingerprint density at radius 1 is 1.54 bits per heavy atom. The number of aliphatic hydroxyl groups excluding tert-OH is 1. The lowest BCUT2D eigenvalue weighted by atomic mass is 10.2. The number of aliphatic imine (C=N–C) groups is 1. The number of rotatable bonds is 6. The normalized spacial score (nSPS) is 32.1. The lowest BCUT2D eigenvalue weighted by Gasteiger charge is -2.28. The maximum Gasteiger partial charge on any atom is 0.304 e. The van der Waals surface area contributed by atoms with E-state index in [1.54, 1.807) is 0 Å². The van der Waals surface area contributed by atoms with E-state index < -0.39 is 51.3 Å². The third-order valence-corrected chi connectivity index (χ3v) is 6.36. The van der Waals surface area contributed by atoms with Crippen LogP contribution in [0.2, 0.25) is 0 Å². The lowest BCUT2D eigenvalue weighted by molar-refractivity contribution is -0.138. The molecule has 140 valence electrons. The number of ether oxygens (including phenoxy) is 1. The maximum atomic E-state index is 12.5. The number of fused-ring (bicyclic) bond motifs is 1. The summed E-state index contributed by atoms with van der Waals surface area (Å²) in [6.45, 7) is 3.54. The van der Waals surface area contributed by atoms with Crippen molar-refractivity contribution < 1.29 is 29.3 Å². The third-order valence-electron chi connectivity index (χ3n) is 3.86. The molecule has 3 aliphatic heterocycles. The summed E-state index contributed by atoms with van der Waals surface area (Å²) in [6, 6.07) is 0. The van der Waals surface area contributed by atoms with Crippen molar-refractivity contribution in [3.8, 4) is 0 Å². The van der Waals surface area contributed by atoms with Gasteiger partial charge in [-0.3, -0.25) is 30.0 Å². The number of thioether (sulfide) groups is 2. The number of carbonyl (C=O) groups excluding carboxylic acids is 2. The van der Waals surface area contributed by atoms with Gasteiger partial charge in [0.25, 0.3) is 5.24 Å². The number of aliphatic carboxylic acids is 1. The average molecular weight is 400 g/mol. The maximum absolute atomic E-state index is 12.5. The van der Waals surface area contributed by atoms with Gasteiger partial charge in [-0.1, -0.05) is 6.08 Å². The molecule has 26 heavy (non-hydrogen) atoms. The first kappa shape index (κ1) is 18.9. The Bertz CT molecular complexity index is 714. The Kier molecular flexibility index (Phi) is 5.37. The molecule has 0 bridgehead atoms. The van der Waals surface area contributed by atoms with Crippen molar-refractivity contribution in [1.29, 1.82) is 5.41 Å². The van der Waals surface area contributed by atoms with E-state index in [-0.39, 0.29) is 18.7 Å². The van der Waals surface area contributed by atoms with Gasteiger partial charge in [0.15, 0.2) is 11.5 Å². The molecular formula is C14H16N4O6S2. The fourth-order valence-electron chi connectivity index (χ4n) is 2.78. The largest absolute Gasteiger partial charge is 0.481 e. The molecule has 0 saturated carbocycles. The van der Waals surface area contributed by atoms with Gasteiger partial charge in [-0.05, 0) is 18.2 Å². The molecule has 4 unspecified atom stereocenters.